The molecule has 2 rings (SSSR count). The van der Waals surface area contributed by atoms with Gasteiger partial charge in [0.05, 0.1) is 42.2 Å². The van der Waals surface area contributed by atoms with Crippen molar-refractivity contribution in [1.29, 1.82) is 5.26 Å². The first-order valence-electron chi connectivity index (χ1n) is 8.59. The monoisotopic (exact) mass is 408 g/mol. The van der Waals surface area contributed by atoms with E-state index < -0.39 is 29.6 Å². The van der Waals surface area contributed by atoms with Crippen LogP contribution in [0.3, 0.4) is 0 Å². The fourth-order valence-corrected chi connectivity index (χ4v) is 3.14. The van der Waals surface area contributed by atoms with Gasteiger partial charge in [0.25, 0.3) is 0 Å². The molecule has 1 aliphatic heterocycles. The van der Waals surface area contributed by atoms with Crippen LogP contribution in [0.15, 0.2) is 46.8 Å². The highest BCUT2D eigenvalue weighted by Crippen LogP contribution is 2.41. The van der Waals surface area contributed by atoms with Crippen LogP contribution in [0.1, 0.15) is 37.3 Å². The normalized spacial score (nSPS) is 16.8. The SMILES string of the molecule is COC(=O)C1=C(C)NC(C)=C(C(=O)OCCC#N)C1c1cccc(C(F)(F)F)c1. The second-order valence-electron chi connectivity index (χ2n) is 6.29. The number of carbonyl (C=O) groups excluding carboxylic acids is 2. The summed E-state index contributed by atoms with van der Waals surface area (Å²) in [6, 6.07) is 6.23. The standard InChI is InChI=1S/C20H19F3N2O4/c1-11-15(18(26)28-3)17(13-6-4-7-14(10-13)20(21,22)23)16(12(2)25-11)19(27)29-9-5-8-24/h4,6-7,10,17,25H,5,9H2,1-3H3. The Balaban J connectivity index is 2.63. The average Bonchev–Trinajstić information content (AvgIpc) is 2.66. The Hall–Kier alpha value is -3.28. The van der Waals surface area contributed by atoms with Gasteiger partial charge in [-0.1, -0.05) is 18.2 Å². The molecule has 154 valence electrons. The zero-order valence-corrected chi connectivity index (χ0v) is 16.0. The maximum atomic E-state index is 13.2. The Kier molecular flexibility index (Phi) is 6.69. The molecule has 1 aromatic rings. The number of nitrogens with one attached hydrogen (secondary N) is 1. The molecule has 9 heteroatoms. The summed E-state index contributed by atoms with van der Waals surface area (Å²) in [5.41, 5.74) is -0.152. The molecule has 0 bridgehead atoms. The quantitative estimate of drug-likeness (QED) is 0.592. The van der Waals surface area contributed by atoms with Crippen molar-refractivity contribution in [3.8, 4) is 6.07 Å². The number of hydrogen-bond donors (Lipinski definition) is 1. The van der Waals surface area contributed by atoms with Crippen LogP contribution in [0, 0.1) is 11.3 Å². The predicted octanol–water partition coefficient (Wildman–Crippen LogP) is 3.57. The van der Waals surface area contributed by atoms with Gasteiger partial charge in [0.2, 0.25) is 0 Å². The van der Waals surface area contributed by atoms with Crippen molar-refractivity contribution >= 4 is 11.9 Å². The van der Waals surface area contributed by atoms with Gasteiger partial charge in [-0.15, -0.1) is 0 Å². The number of hydrogen-bond acceptors (Lipinski definition) is 6. The first kappa shape index (κ1) is 22.0. The fraction of sp³-hybridized carbons (Fsp3) is 0.350. The lowest BCUT2D eigenvalue weighted by atomic mass is 9.80. The molecule has 0 aliphatic carbocycles. The third-order valence-corrected chi connectivity index (χ3v) is 4.38. The van der Waals surface area contributed by atoms with Crippen molar-refractivity contribution in [2.45, 2.75) is 32.4 Å². The fourth-order valence-electron chi connectivity index (χ4n) is 3.14. The Bertz CT molecular complexity index is 926. The van der Waals surface area contributed by atoms with E-state index in [0.717, 1.165) is 19.2 Å². The predicted molar refractivity (Wildman–Crippen MR) is 95.9 cm³/mol. The van der Waals surface area contributed by atoms with Crippen molar-refractivity contribution in [3.05, 3.63) is 57.9 Å². The lowest BCUT2D eigenvalue weighted by Gasteiger charge is -2.30. The second-order valence-corrected chi connectivity index (χ2v) is 6.29. The first-order valence-corrected chi connectivity index (χ1v) is 8.59. The van der Waals surface area contributed by atoms with Gasteiger partial charge < -0.3 is 14.8 Å². The van der Waals surface area contributed by atoms with Crippen LogP contribution in [0.5, 0.6) is 0 Å². The van der Waals surface area contributed by atoms with Crippen LogP contribution < -0.4 is 5.32 Å². The Morgan fingerprint density at radius 1 is 1.17 bits per heavy atom. The number of benzene rings is 1. The molecular weight excluding hydrogens is 389 g/mol. The molecule has 0 spiro atoms. The van der Waals surface area contributed by atoms with E-state index in [1.807, 2.05) is 6.07 Å². The first-order chi connectivity index (χ1) is 13.6. The van der Waals surface area contributed by atoms with Crippen LogP contribution in [0.2, 0.25) is 0 Å². The molecule has 1 aromatic carbocycles. The highest BCUT2D eigenvalue weighted by atomic mass is 19.4. The number of allylic oxidation sites excluding steroid dienone is 2. The van der Waals surface area contributed by atoms with Crippen LogP contribution >= 0.6 is 0 Å². The topological polar surface area (TPSA) is 88.4 Å². The number of ether oxygens (including phenoxy) is 2. The number of halogens is 3. The van der Waals surface area contributed by atoms with Gasteiger partial charge in [-0.2, -0.15) is 18.4 Å². The summed E-state index contributed by atoms with van der Waals surface area (Å²) < 4.78 is 49.5. The van der Waals surface area contributed by atoms with E-state index in [-0.39, 0.29) is 29.7 Å². The van der Waals surface area contributed by atoms with Gasteiger partial charge in [0, 0.05) is 11.4 Å². The van der Waals surface area contributed by atoms with E-state index in [2.05, 4.69) is 5.32 Å². The van der Waals surface area contributed by atoms with Crippen molar-refractivity contribution in [1.82, 2.24) is 5.32 Å². The molecule has 0 aromatic heterocycles. The van der Waals surface area contributed by atoms with E-state index in [9.17, 15) is 22.8 Å². The minimum Gasteiger partial charge on any atom is -0.466 e. The van der Waals surface area contributed by atoms with Gasteiger partial charge in [0.15, 0.2) is 0 Å². The van der Waals surface area contributed by atoms with Crippen LogP contribution in [0.25, 0.3) is 0 Å². The van der Waals surface area contributed by atoms with Crippen molar-refractivity contribution in [3.63, 3.8) is 0 Å². The third kappa shape index (κ3) is 4.77. The molecule has 1 heterocycles. The van der Waals surface area contributed by atoms with Crippen LogP contribution in [0.4, 0.5) is 13.2 Å². The summed E-state index contributed by atoms with van der Waals surface area (Å²) >= 11 is 0. The summed E-state index contributed by atoms with van der Waals surface area (Å²) in [6.45, 7) is 2.94. The average molecular weight is 408 g/mol. The zero-order chi connectivity index (χ0) is 21.8. The number of nitriles is 1. The van der Waals surface area contributed by atoms with E-state index in [4.69, 9.17) is 14.7 Å². The van der Waals surface area contributed by atoms with Crippen LogP contribution in [-0.4, -0.2) is 25.7 Å². The molecule has 29 heavy (non-hydrogen) atoms. The molecule has 0 fully saturated rings. The van der Waals surface area contributed by atoms with Gasteiger partial charge in [0.1, 0.15) is 6.61 Å². The molecule has 1 atom stereocenters. The maximum absolute atomic E-state index is 13.2. The Morgan fingerprint density at radius 2 is 1.79 bits per heavy atom. The highest BCUT2D eigenvalue weighted by molar-refractivity contribution is 5.99. The van der Waals surface area contributed by atoms with Crippen LogP contribution in [-0.2, 0) is 25.2 Å². The summed E-state index contributed by atoms with van der Waals surface area (Å²) in [7, 11) is 1.14. The number of dihydropyridines is 1. The van der Waals surface area contributed by atoms with Gasteiger partial charge >= 0.3 is 18.1 Å². The van der Waals surface area contributed by atoms with Crippen molar-refractivity contribution < 1.29 is 32.2 Å². The molecule has 0 saturated carbocycles. The Morgan fingerprint density at radius 3 is 2.34 bits per heavy atom. The summed E-state index contributed by atoms with van der Waals surface area (Å²) in [5.74, 6) is -2.74. The minimum atomic E-state index is -4.60. The van der Waals surface area contributed by atoms with Gasteiger partial charge in [-0.3, -0.25) is 0 Å². The van der Waals surface area contributed by atoms with E-state index in [1.165, 1.54) is 12.1 Å². The molecule has 0 amide bonds. The van der Waals surface area contributed by atoms with Gasteiger partial charge in [-0.05, 0) is 25.5 Å². The lowest BCUT2D eigenvalue weighted by molar-refractivity contribution is -0.139. The smallest absolute Gasteiger partial charge is 0.416 e. The number of methoxy groups -OCH3 is 1. The summed E-state index contributed by atoms with van der Waals surface area (Å²) in [5, 5.41) is 11.5. The largest absolute Gasteiger partial charge is 0.466 e. The summed E-state index contributed by atoms with van der Waals surface area (Å²) in [6.07, 6.45) is -4.64. The highest BCUT2D eigenvalue weighted by Gasteiger charge is 2.39. The summed E-state index contributed by atoms with van der Waals surface area (Å²) in [4.78, 5) is 25.1. The molecule has 0 radical (unpaired) electrons. The number of carbonyl (C=O) groups is 2. The zero-order valence-electron chi connectivity index (χ0n) is 16.0. The number of alkyl halides is 3. The van der Waals surface area contributed by atoms with Gasteiger partial charge in [-0.25, -0.2) is 9.59 Å². The van der Waals surface area contributed by atoms with Crippen molar-refractivity contribution in [2.24, 2.45) is 0 Å². The molecule has 1 N–H and O–H groups in total. The maximum Gasteiger partial charge on any atom is 0.416 e. The third-order valence-electron chi connectivity index (χ3n) is 4.38. The molecule has 1 unspecified atom stereocenters. The van der Waals surface area contributed by atoms with E-state index in [0.29, 0.717) is 11.4 Å². The number of esters is 2. The van der Waals surface area contributed by atoms with E-state index >= 15 is 0 Å². The number of rotatable bonds is 5. The molecule has 6 nitrogen and oxygen atoms in total. The molecule has 0 saturated heterocycles. The lowest BCUT2D eigenvalue weighted by Crippen LogP contribution is -2.32. The minimum absolute atomic E-state index is 0.00431. The van der Waals surface area contributed by atoms with Crippen molar-refractivity contribution in [2.75, 3.05) is 13.7 Å². The molecular formula is C20H19F3N2O4. The second kappa shape index (κ2) is 8.82. The van der Waals surface area contributed by atoms with E-state index in [1.54, 1.807) is 13.8 Å². The number of nitrogens with zero attached hydrogens (tertiary/aromatic N) is 1. The Labute approximate surface area is 165 Å². The molecule has 1 aliphatic rings.